The second-order valence-electron chi connectivity index (χ2n) is 7.56. The third kappa shape index (κ3) is 4.22. The molecule has 138 valence electrons. The van der Waals surface area contributed by atoms with Gasteiger partial charge in [-0.2, -0.15) is 0 Å². The number of aryl methyl sites for hydroxylation is 1. The lowest BCUT2D eigenvalue weighted by atomic mass is 10.0. The minimum Gasteiger partial charge on any atom is -0.370 e. The lowest BCUT2D eigenvalue weighted by Crippen LogP contribution is -2.27. The third-order valence-corrected chi connectivity index (χ3v) is 5.51. The summed E-state index contributed by atoms with van der Waals surface area (Å²) in [5, 5.41) is 7.01. The molecule has 1 saturated heterocycles. The Morgan fingerprint density at radius 1 is 1.23 bits per heavy atom. The second-order valence-corrected chi connectivity index (χ2v) is 7.56. The molecule has 3 heterocycles. The number of nitrogens with zero attached hydrogens (tertiary/aromatic N) is 3. The summed E-state index contributed by atoms with van der Waals surface area (Å²) in [5.74, 6) is 2.71. The summed E-state index contributed by atoms with van der Waals surface area (Å²) in [6, 6.07) is 10.8. The average molecular weight is 351 g/mol. The van der Waals surface area contributed by atoms with Gasteiger partial charge in [-0.3, -0.25) is 4.90 Å². The highest BCUT2D eigenvalue weighted by atomic mass is 15.1. The second kappa shape index (κ2) is 8.14. The molecule has 2 aromatic rings. The van der Waals surface area contributed by atoms with E-state index < -0.39 is 0 Å². The molecule has 5 nitrogen and oxygen atoms in total. The molecule has 1 aromatic heterocycles. The molecule has 0 amide bonds. The van der Waals surface area contributed by atoms with E-state index in [-0.39, 0.29) is 0 Å². The van der Waals surface area contributed by atoms with Crippen molar-refractivity contribution in [3.63, 3.8) is 0 Å². The summed E-state index contributed by atoms with van der Waals surface area (Å²) in [5.41, 5.74) is 3.90. The van der Waals surface area contributed by atoms with Crippen molar-refractivity contribution in [2.24, 2.45) is 5.92 Å². The van der Waals surface area contributed by atoms with E-state index in [1.807, 2.05) is 6.92 Å². The fourth-order valence-corrected chi connectivity index (χ4v) is 4.16. The number of fused-ring (bicyclic) bond motifs is 1. The summed E-state index contributed by atoms with van der Waals surface area (Å²) in [4.78, 5) is 11.8. The smallest absolute Gasteiger partial charge is 0.133 e. The highest BCUT2D eigenvalue weighted by Gasteiger charge is 2.22. The molecule has 1 atom stereocenters. The van der Waals surface area contributed by atoms with Crippen LogP contribution in [-0.2, 0) is 19.5 Å². The van der Waals surface area contributed by atoms with Gasteiger partial charge >= 0.3 is 0 Å². The van der Waals surface area contributed by atoms with Gasteiger partial charge in [0, 0.05) is 31.7 Å². The molecule has 2 aliphatic heterocycles. The van der Waals surface area contributed by atoms with Crippen LogP contribution in [0.25, 0.3) is 0 Å². The average Bonchev–Trinajstić information content (AvgIpc) is 3.09. The van der Waals surface area contributed by atoms with Crippen molar-refractivity contribution in [3.05, 3.63) is 53.0 Å². The van der Waals surface area contributed by atoms with Gasteiger partial charge in [-0.1, -0.05) is 30.3 Å². The molecule has 1 fully saturated rings. The number of likely N-dealkylation sites (tertiary alicyclic amines) is 1. The van der Waals surface area contributed by atoms with E-state index in [1.54, 1.807) is 0 Å². The molecule has 0 saturated carbocycles. The Morgan fingerprint density at radius 2 is 2.12 bits per heavy atom. The van der Waals surface area contributed by atoms with Crippen molar-refractivity contribution in [1.29, 1.82) is 0 Å². The Labute approximate surface area is 156 Å². The molecule has 0 bridgehead atoms. The first kappa shape index (κ1) is 17.4. The van der Waals surface area contributed by atoms with Crippen LogP contribution in [0.4, 0.5) is 5.82 Å². The maximum absolute atomic E-state index is 4.66. The Morgan fingerprint density at radius 3 is 3.00 bits per heavy atom. The molecular weight excluding hydrogens is 322 g/mol. The maximum Gasteiger partial charge on any atom is 0.133 e. The van der Waals surface area contributed by atoms with Gasteiger partial charge in [0.1, 0.15) is 11.6 Å². The van der Waals surface area contributed by atoms with E-state index in [0.29, 0.717) is 0 Å². The highest BCUT2D eigenvalue weighted by molar-refractivity contribution is 5.47. The van der Waals surface area contributed by atoms with Gasteiger partial charge in [-0.25, -0.2) is 9.97 Å². The largest absolute Gasteiger partial charge is 0.370 e. The van der Waals surface area contributed by atoms with Gasteiger partial charge < -0.3 is 10.6 Å². The van der Waals surface area contributed by atoms with Crippen molar-refractivity contribution >= 4 is 5.82 Å². The number of aromatic nitrogens is 2. The SMILES string of the molecule is Cc1nc2c(c(NCC[C@@H]3CCN(Cc4ccccc4)C3)n1)CCNC2. The van der Waals surface area contributed by atoms with E-state index >= 15 is 0 Å². The van der Waals surface area contributed by atoms with Crippen molar-refractivity contribution in [2.45, 2.75) is 39.3 Å². The zero-order chi connectivity index (χ0) is 17.8. The summed E-state index contributed by atoms with van der Waals surface area (Å²) in [6.07, 6.45) is 3.53. The summed E-state index contributed by atoms with van der Waals surface area (Å²) in [7, 11) is 0. The monoisotopic (exact) mass is 351 g/mol. The minimum absolute atomic E-state index is 0.784. The third-order valence-electron chi connectivity index (χ3n) is 5.51. The fourth-order valence-electron chi connectivity index (χ4n) is 4.16. The van der Waals surface area contributed by atoms with E-state index in [0.717, 1.165) is 50.2 Å². The van der Waals surface area contributed by atoms with Crippen molar-refractivity contribution in [2.75, 3.05) is 31.5 Å². The first-order chi connectivity index (χ1) is 12.8. The first-order valence-electron chi connectivity index (χ1n) is 9.85. The standard InChI is InChI=1S/C21H29N5/c1-16-24-20-13-22-10-8-19(20)21(25-16)23-11-7-18-9-12-26(15-18)14-17-5-3-2-4-6-17/h2-6,18,22H,7-15H2,1H3,(H,23,24,25)/t18-/m1/s1. The molecule has 0 unspecified atom stereocenters. The summed E-state index contributed by atoms with van der Waals surface area (Å²) in [6.45, 7) is 8.37. The summed E-state index contributed by atoms with van der Waals surface area (Å²) >= 11 is 0. The zero-order valence-corrected chi connectivity index (χ0v) is 15.7. The van der Waals surface area contributed by atoms with Crippen LogP contribution in [0.15, 0.2) is 30.3 Å². The van der Waals surface area contributed by atoms with Gasteiger partial charge in [-0.15, -0.1) is 0 Å². The van der Waals surface area contributed by atoms with E-state index in [2.05, 4.69) is 55.8 Å². The van der Waals surface area contributed by atoms with Gasteiger partial charge in [0.25, 0.3) is 0 Å². The first-order valence-corrected chi connectivity index (χ1v) is 9.85. The number of rotatable bonds is 6. The molecule has 0 aliphatic carbocycles. The zero-order valence-electron chi connectivity index (χ0n) is 15.7. The van der Waals surface area contributed by atoms with Crippen molar-refractivity contribution in [3.8, 4) is 0 Å². The molecule has 0 radical (unpaired) electrons. The quantitative estimate of drug-likeness (QED) is 0.838. The van der Waals surface area contributed by atoms with Crippen LogP contribution in [0.1, 0.15) is 35.5 Å². The van der Waals surface area contributed by atoms with Gasteiger partial charge in [-0.05, 0) is 50.8 Å². The lowest BCUT2D eigenvalue weighted by Gasteiger charge is -2.20. The van der Waals surface area contributed by atoms with E-state index in [4.69, 9.17) is 0 Å². The Kier molecular flexibility index (Phi) is 5.46. The van der Waals surface area contributed by atoms with Crippen LogP contribution < -0.4 is 10.6 Å². The lowest BCUT2D eigenvalue weighted by molar-refractivity contribution is 0.314. The Bertz CT molecular complexity index is 731. The predicted octanol–water partition coefficient (Wildman–Crippen LogP) is 2.75. The molecule has 2 aliphatic rings. The molecule has 4 rings (SSSR count). The van der Waals surface area contributed by atoms with Crippen molar-refractivity contribution < 1.29 is 0 Å². The topological polar surface area (TPSA) is 53.1 Å². The van der Waals surface area contributed by atoms with Crippen LogP contribution in [-0.4, -0.2) is 41.0 Å². The van der Waals surface area contributed by atoms with Crippen LogP contribution in [0, 0.1) is 12.8 Å². The number of benzene rings is 1. The number of hydrogen-bond acceptors (Lipinski definition) is 5. The highest BCUT2D eigenvalue weighted by Crippen LogP contribution is 2.23. The van der Waals surface area contributed by atoms with Crippen molar-refractivity contribution in [1.82, 2.24) is 20.2 Å². The minimum atomic E-state index is 0.784. The maximum atomic E-state index is 4.66. The summed E-state index contributed by atoms with van der Waals surface area (Å²) < 4.78 is 0. The van der Waals surface area contributed by atoms with Crippen LogP contribution in [0.2, 0.25) is 0 Å². The molecule has 0 spiro atoms. The van der Waals surface area contributed by atoms with Crippen LogP contribution >= 0.6 is 0 Å². The van der Waals surface area contributed by atoms with Crippen LogP contribution in [0.5, 0.6) is 0 Å². The van der Waals surface area contributed by atoms with Gasteiger partial charge in [0.05, 0.1) is 5.69 Å². The Hall–Kier alpha value is -1.98. The number of hydrogen-bond donors (Lipinski definition) is 2. The molecular formula is C21H29N5. The molecule has 1 aromatic carbocycles. The van der Waals surface area contributed by atoms with Crippen LogP contribution in [0.3, 0.4) is 0 Å². The van der Waals surface area contributed by atoms with E-state index in [1.165, 1.54) is 42.8 Å². The fraction of sp³-hybridized carbons (Fsp3) is 0.524. The van der Waals surface area contributed by atoms with E-state index in [9.17, 15) is 0 Å². The number of nitrogens with one attached hydrogen (secondary N) is 2. The molecule has 5 heteroatoms. The van der Waals surface area contributed by atoms with Gasteiger partial charge in [0.15, 0.2) is 0 Å². The normalized spacial score (nSPS) is 20.1. The molecule has 26 heavy (non-hydrogen) atoms. The number of anilines is 1. The Balaban J connectivity index is 1.27. The van der Waals surface area contributed by atoms with Gasteiger partial charge in [0.2, 0.25) is 0 Å². The molecule has 2 N–H and O–H groups in total. The predicted molar refractivity (Wildman–Crippen MR) is 105 cm³/mol.